The Bertz CT molecular complexity index is 505. The molecule has 0 bridgehead atoms. The van der Waals surface area contributed by atoms with Gasteiger partial charge in [-0.2, -0.15) is 0 Å². The van der Waals surface area contributed by atoms with Crippen LogP contribution in [0.25, 0.3) is 0 Å². The Morgan fingerprint density at radius 2 is 2.05 bits per heavy atom. The van der Waals surface area contributed by atoms with Crippen LogP contribution in [-0.2, 0) is 17.6 Å². The summed E-state index contributed by atoms with van der Waals surface area (Å²) in [5, 5.41) is 8.98. The molecule has 4 nitrogen and oxygen atoms in total. The van der Waals surface area contributed by atoms with Gasteiger partial charge in [-0.25, -0.2) is 0 Å². The Hall–Kier alpha value is -1.07. The lowest BCUT2D eigenvalue weighted by Gasteiger charge is -2.14. The first-order chi connectivity index (χ1) is 9.15. The van der Waals surface area contributed by atoms with E-state index >= 15 is 0 Å². The third-order valence-electron chi connectivity index (χ3n) is 4.03. The van der Waals surface area contributed by atoms with Crippen LogP contribution in [0.3, 0.4) is 0 Å². The molecule has 0 saturated carbocycles. The van der Waals surface area contributed by atoms with E-state index in [1.54, 1.807) is 16.2 Å². The fourth-order valence-corrected chi connectivity index (χ4v) is 4.12. The molecule has 2 heterocycles. The van der Waals surface area contributed by atoms with Crippen molar-refractivity contribution >= 4 is 35.6 Å². The Morgan fingerprint density at radius 3 is 2.70 bits per heavy atom. The molecular formula is C14H18ClNO3S. The first kappa shape index (κ1) is 15.3. The van der Waals surface area contributed by atoms with Gasteiger partial charge in [0.1, 0.15) is 0 Å². The summed E-state index contributed by atoms with van der Waals surface area (Å²) in [5.74, 6) is -1.16. The van der Waals surface area contributed by atoms with Crippen molar-refractivity contribution in [2.75, 3.05) is 13.1 Å². The maximum Gasteiger partial charge on any atom is 0.308 e. The molecular weight excluding hydrogens is 298 g/mol. The number of thiophene rings is 1. The lowest BCUT2D eigenvalue weighted by Crippen LogP contribution is -2.29. The number of carbonyl (C=O) groups excluding carboxylic acids is 1. The normalized spacial score (nSPS) is 21.2. The van der Waals surface area contributed by atoms with Gasteiger partial charge >= 0.3 is 5.97 Å². The van der Waals surface area contributed by atoms with Gasteiger partial charge in [-0.1, -0.05) is 0 Å². The second kappa shape index (κ2) is 6.14. The molecule has 1 saturated heterocycles. The van der Waals surface area contributed by atoms with E-state index in [1.807, 2.05) is 6.07 Å². The molecule has 1 atom stereocenters. The van der Waals surface area contributed by atoms with Gasteiger partial charge < -0.3 is 10.0 Å². The van der Waals surface area contributed by atoms with Gasteiger partial charge in [0.05, 0.1) is 10.8 Å². The van der Waals surface area contributed by atoms with Gasteiger partial charge in [-0.05, 0) is 43.7 Å². The van der Waals surface area contributed by atoms with Crippen LogP contribution in [0.4, 0.5) is 0 Å². The van der Waals surface area contributed by atoms with Crippen molar-refractivity contribution in [1.82, 2.24) is 4.90 Å². The second-order valence-corrected chi connectivity index (χ2v) is 6.48. The highest BCUT2D eigenvalue weighted by atomic mass is 35.5. The number of carbonyl (C=O) groups is 2. The quantitative estimate of drug-likeness (QED) is 0.912. The van der Waals surface area contributed by atoms with E-state index in [0.29, 0.717) is 19.5 Å². The van der Waals surface area contributed by atoms with Crippen LogP contribution in [-0.4, -0.2) is 35.0 Å². The number of rotatable bonds is 2. The fraction of sp³-hybridized carbons (Fsp3) is 0.571. The predicted octanol–water partition coefficient (Wildman–Crippen LogP) is 2.60. The summed E-state index contributed by atoms with van der Waals surface area (Å²) in [6.45, 7) is 0.926. The van der Waals surface area contributed by atoms with Crippen LogP contribution in [0.5, 0.6) is 0 Å². The summed E-state index contributed by atoms with van der Waals surface area (Å²) in [4.78, 5) is 27.1. The van der Waals surface area contributed by atoms with Crippen LogP contribution in [0.1, 0.15) is 39.4 Å². The van der Waals surface area contributed by atoms with Crippen LogP contribution >= 0.6 is 23.7 Å². The molecule has 1 fully saturated rings. The number of likely N-dealkylation sites (tertiary alicyclic amines) is 1. The SMILES string of the molecule is Cl.O=C(O)C1CCN(C(=O)c2cc3c(s2)CCCC3)C1. The predicted molar refractivity (Wildman–Crippen MR) is 79.9 cm³/mol. The number of aliphatic carboxylic acids is 1. The number of nitrogens with zero attached hydrogens (tertiary/aromatic N) is 1. The molecule has 0 spiro atoms. The largest absolute Gasteiger partial charge is 0.481 e. The topological polar surface area (TPSA) is 57.6 Å². The third kappa shape index (κ3) is 2.83. The molecule has 6 heteroatoms. The van der Waals surface area contributed by atoms with E-state index in [0.717, 1.165) is 17.7 Å². The number of hydrogen-bond donors (Lipinski definition) is 1. The van der Waals surface area contributed by atoms with Crippen LogP contribution in [0, 0.1) is 5.92 Å². The summed E-state index contributed by atoms with van der Waals surface area (Å²) in [6.07, 6.45) is 5.17. The van der Waals surface area contributed by atoms with Gasteiger partial charge in [-0.3, -0.25) is 9.59 Å². The lowest BCUT2D eigenvalue weighted by atomic mass is 9.99. The summed E-state index contributed by atoms with van der Waals surface area (Å²) < 4.78 is 0. The summed E-state index contributed by atoms with van der Waals surface area (Å²) in [7, 11) is 0. The molecule has 1 amide bonds. The van der Waals surface area contributed by atoms with Crippen molar-refractivity contribution < 1.29 is 14.7 Å². The van der Waals surface area contributed by atoms with Crippen LogP contribution in [0.2, 0.25) is 0 Å². The number of hydrogen-bond acceptors (Lipinski definition) is 3. The van der Waals surface area contributed by atoms with Crippen molar-refractivity contribution in [2.45, 2.75) is 32.1 Å². The number of fused-ring (bicyclic) bond motifs is 1. The summed E-state index contributed by atoms with van der Waals surface area (Å²) >= 11 is 1.60. The fourth-order valence-electron chi connectivity index (χ4n) is 2.90. The monoisotopic (exact) mass is 315 g/mol. The number of amides is 1. The number of aryl methyl sites for hydroxylation is 2. The van der Waals surface area contributed by atoms with Crippen molar-refractivity contribution in [1.29, 1.82) is 0 Å². The van der Waals surface area contributed by atoms with Gasteiger partial charge in [0.15, 0.2) is 0 Å². The Labute approximate surface area is 128 Å². The molecule has 1 aliphatic carbocycles. The van der Waals surface area contributed by atoms with Gasteiger partial charge in [0.2, 0.25) is 0 Å². The van der Waals surface area contributed by atoms with Crippen molar-refractivity contribution in [3.63, 3.8) is 0 Å². The van der Waals surface area contributed by atoms with E-state index in [-0.39, 0.29) is 18.3 Å². The molecule has 20 heavy (non-hydrogen) atoms. The highest BCUT2D eigenvalue weighted by Gasteiger charge is 2.32. The molecule has 1 aromatic rings. The van der Waals surface area contributed by atoms with E-state index in [2.05, 4.69) is 0 Å². The number of carboxylic acids is 1. The lowest BCUT2D eigenvalue weighted by molar-refractivity contribution is -0.141. The molecule has 1 aromatic heterocycles. The minimum atomic E-state index is -0.791. The molecule has 2 aliphatic rings. The van der Waals surface area contributed by atoms with Gasteiger partial charge in [0, 0.05) is 18.0 Å². The average molecular weight is 316 g/mol. The van der Waals surface area contributed by atoms with E-state index in [1.165, 1.54) is 23.3 Å². The molecule has 3 rings (SSSR count). The van der Waals surface area contributed by atoms with Gasteiger partial charge in [0.25, 0.3) is 5.91 Å². The number of halogens is 1. The molecule has 1 N–H and O–H groups in total. The van der Waals surface area contributed by atoms with Crippen LogP contribution in [0.15, 0.2) is 6.07 Å². The summed E-state index contributed by atoms with van der Waals surface area (Å²) in [5.41, 5.74) is 1.33. The third-order valence-corrected chi connectivity index (χ3v) is 5.26. The first-order valence-corrected chi connectivity index (χ1v) is 7.60. The Morgan fingerprint density at radius 1 is 1.30 bits per heavy atom. The molecule has 0 radical (unpaired) electrons. The number of carboxylic acid groups (broad SMARTS) is 1. The van der Waals surface area contributed by atoms with E-state index in [4.69, 9.17) is 5.11 Å². The Balaban J connectivity index is 0.00000147. The zero-order valence-electron chi connectivity index (χ0n) is 11.1. The molecule has 1 aliphatic heterocycles. The van der Waals surface area contributed by atoms with E-state index in [9.17, 15) is 9.59 Å². The van der Waals surface area contributed by atoms with E-state index < -0.39 is 11.9 Å². The Kier molecular flexibility index (Phi) is 4.70. The van der Waals surface area contributed by atoms with Crippen LogP contribution < -0.4 is 0 Å². The van der Waals surface area contributed by atoms with Crippen molar-refractivity contribution in [2.24, 2.45) is 5.92 Å². The molecule has 110 valence electrons. The van der Waals surface area contributed by atoms with Gasteiger partial charge in [-0.15, -0.1) is 23.7 Å². The molecule has 0 aromatic carbocycles. The molecule has 1 unspecified atom stereocenters. The maximum absolute atomic E-state index is 12.4. The smallest absolute Gasteiger partial charge is 0.308 e. The standard InChI is InChI=1S/C14H17NO3S.ClH/c16-13(15-6-5-10(8-15)14(17)18)12-7-9-3-1-2-4-11(9)19-12;/h7,10H,1-6,8H2,(H,17,18);1H. The minimum Gasteiger partial charge on any atom is -0.481 e. The minimum absolute atomic E-state index is 0. The summed E-state index contributed by atoms with van der Waals surface area (Å²) in [6, 6.07) is 2.02. The zero-order chi connectivity index (χ0) is 13.4. The second-order valence-electron chi connectivity index (χ2n) is 5.34. The van der Waals surface area contributed by atoms with Crippen molar-refractivity contribution in [3.8, 4) is 0 Å². The van der Waals surface area contributed by atoms with Crippen molar-refractivity contribution in [3.05, 3.63) is 21.4 Å². The highest BCUT2D eigenvalue weighted by molar-refractivity contribution is 7.14. The highest BCUT2D eigenvalue weighted by Crippen LogP contribution is 2.31. The maximum atomic E-state index is 12.4. The average Bonchev–Trinajstić information content (AvgIpc) is 3.04. The first-order valence-electron chi connectivity index (χ1n) is 6.79. The zero-order valence-corrected chi connectivity index (χ0v) is 12.8.